The van der Waals surface area contributed by atoms with Crippen molar-refractivity contribution in [2.75, 3.05) is 20.2 Å². The quantitative estimate of drug-likeness (QED) is 0.885. The second kappa shape index (κ2) is 7.31. The summed E-state index contributed by atoms with van der Waals surface area (Å²) in [6.07, 6.45) is -0.998. The van der Waals surface area contributed by atoms with E-state index in [-0.39, 0.29) is 19.0 Å². The minimum absolute atomic E-state index is 0.257. The lowest BCUT2D eigenvalue weighted by molar-refractivity contribution is 0.147. The van der Waals surface area contributed by atoms with Gasteiger partial charge in [-0.2, -0.15) is 0 Å². The molecular formula is C16H16FNO4. The van der Waals surface area contributed by atoms with Crippen molar-refractivity contribution in [3.05, 3.63) is 54.3 Å². The molecule has 2 aromatic rings. The highest BCUT2D eigenvalue weighted by atomic mass is 19.1. The maximum atomic E-state index is 13.0. The van der Waals surface area contributed by atoms with E-state index in [4.69, 9.17) is 14.6 Å². The third-order valence-corrected chi connectivity index (χ3v) is 2.88. The number of hydrogen-bond donors (Lipinski definition) is 1. The molecule has 0 radical (unpaired) electrons. The van der Waals surface area contributed by atoms with E-state index in [2.05, 4.69) is 0 Å². The number of likely N-dealkylation sites (N-methyl/N-ethyl adjacent to an activating group) is 1. The molecule has 6 heteroatoms. The van der Waals surface area contributed by atoms with E-state index in [0.717, 1.165) is 4.90 Å². The second-order valence-corrected chi connectivity index (χ2v) is 4.58. The monoisotopic (exact) mass is 305 g/mol. The lowest BCUT2D eigenvalue weighted by Crippen LogP contribution is -2.29. The molecule has 0 aromatic heterocycles. The van der Waals surface area contributed by atoms with Crippen molar-refractivity contribution in [2.24, 2.45) is 0 Å². The number of nitrogens with zero attached hydrogens (tertiary/aromatic N) is 1. The summed E-state index contributed by atoms with van der Waals surface area (Å²) in [5.74, 6) is 1.21. The van der Waals surface area contributed by atoms with Gasteiger partial charge in [0.05, 0.1) is 6.54 Å². The molecule has 0 aliphatic rings. The van der Waals surface area contributed by atoms with E-state index in [0.29, 0.717) is 17.2 Å². The van der Waals surface area contributed by atoms with Crippen molar-refractivity contribution in [3.8, 4) is 17.2 Å². The number of hydrogen-bond acceptors (Lipinski definition) is 3. The van der Waals surface area contributed by atoms with Gasteiger partial charge in [-0.25, -0.2) is 9.18 Å². The normalized spacial score (nSPS) is 10.1. The molecule has 0 aliphatic heterocycles. The highest BCUT2D eigenvalue weighted by Gasteiger charge is 2.05. The predicted octanol–water partition coefficient (Wildman–Crippen LogP) is 3.61. The Morgan fingerprint density at radius 2 is 1.82 bits per heavy atom. The van der Waals surface area contributed by atoms with Gasteiger partial charge in [0, 0.05) is 13.1 Å². The highest BCUT2D eigenvalue weighted by molar-refractivity contribution is 5.64. The van der Waals surface area contributed by atoms with Crippen LogP contribution in [-0.2, 0) is 0 Å². The number of halogens is 1. The van der Waals surface area contributed by atoms with Gasteiger partial charge in [0.15, 0.2) is 0 Å². The van der Waals surface area contributed by atoms with Crippen LogP contribution < -0.4 is 9.47 Å². The maximum Gasteiger partial charge on any atom is 0.407 e. The molecule has 0 heterocycles. The molecule has 0 saturated carbocycles. The SMILES string of the molecule is CN(CCOc1ccc(Oc2cccc(F)c2)cc1)C(=O)O. The summed E-state index contributed by atoms with van der Waals surface area (Å²) in [6.45, 7) is 0.532. The zero-order valence-electron chi connectivity index (χ0n) is 12.0. The zero-order valence-corrected chi connectivity index (χ0v) is 12.0. The molecule has 2 aromatic carbocycles. The van der Waals surface area contributed by atoms with Crippen LogP contribution in [0.15, 0.2) is 48.5 Å². The fourth-order valence-electron chi connectivity index (χ4n) is 1.67. The van der Waals surface area contributed by atoms with Crippen molar-refractivity contribution in [1.29, 1.82) is 0 Å². The molecule has 0 saturated heterocycles. The molecule has 0 unspecified atom stereocenters. The molecule has 0 atom stereocenters. The number of rotatable bonds is 6. The average molecular weight is 305 g/mol. The molecule has 22 heavy (non-hydrogen) atoms. The standard InChI is InChI=1S/C16H16FNO4/c1-18(16(19)20)9-10-21-13-5-7-14(8-6-13)22-15-4-2-3-12(17)11-15/h2-8,11H,9-10H2,1H3,(H,19,20). The van der Waals surface area contributed by atoms with Gasteiger partial charge in [-0.15, -0.1) is 0 Å². The Kier molecular flexibility index (Phi) is 5.19. The molecule has 0 fully saturated rings. The summed E-state index contributed by atoms with van der Waals surface area (Å²) in [6, 6.07) is 12.7. The average Bonchev–Trinajstić information content (AvgIpc) is 2.49. The van der Waals surface area contributed by atoms with Crippen LogP contribution >= 0.6 is 0 Å². The lowest BCUT2D eigenvalue weighted by atomic mass is 10.3. The van der Waals surface area contributed by atoms with Crippen molar-refractivity contribution >= 4 is 6.09 Å². The van der Waals surface area contributed by atoms with Gasteiger partial charge in [0.1, 0.15) is 29.7 Å². The van der Waals surface area contributed by atoms with Crippen LogP contribution in [0.25, 0.3) is 0 Å². The van der Waals surface area contributed by atoms with Crippen molar-refractivity contribution < 1.29 is 23.8 Å². The Labute approximate surface area is 127 Å². The van der Waals surface area contributed by atoms with Gasteiger partial charge in [0.2, 0.25) is 0 Å². The Hall–Kier alpha value is -2.76. The smallest absolute Gasteiger partial charge is 0.407 e. The van der Waals surface area contributed by atoms with Crippen molar-refractivity contribution in [1.82, 2.24) is 4.90 Å². The third kappa shape index (κ3) is 4.66. The Balaban J connectivity index is 1.86. The van der Waals surface area contributed by atoms with Gasteiger partial charge in [0.25, 0.3) is 0 Å². The molecule has 0 bridgehead atoms. The van der Waals surface area contributed by atoms with E-state index < -0.39 is 6.09 Å². The van der Waals surface area contributed by atoms with Crippen molar-refractivity contribution in [2.45, 2.75) is 0 Å². The number of carbonyl (C=O) groups is 1. The molecule has 0 aliphatic carbocycles. The van der Waals surface area contributed by atoms with Gasteiger partial charge in [-0.05, 0) is 36.4 Å². The summed E-state index contributed by atoms with van der Waals surface area (Å²) >= 11 is 0. The van der Waals surface area contributed by atoms with E-state index in [9.17, 15) is 9.18 Å². The van der Waals surface area contributed by atoms with E-state index in [1.165, 1.54) is 19.2 Å². The highest BCUT2D eigenvalue weighted by Crippen LogP contribution is 2.24. The molecular weight excluding hydrogens is 289 g/mol. The first kappa shape index (κ1) is 15.6. The summed E-state index contributed by atoms with van der Waals surface area (Å²) in [4.78, 5) is 11.8. The Morgan fingerprint density at radius 3 is 2.45 bits per heavy atom. The fraction of sp³-hybridized carbons (Fsp3) is 0.188. The van der Waals surface area contributed by atoms with Crippen LogP contribution in [0.5, 0.6) is 17.2 Å². The summed E-state index contributed by atoms with van der Waals surface area (Å²) in [5, 5.41) is 8.70. The predicted molar refractivity (Wildman–Crippen MR) is 79.1 cm³/mol. The first-order valence-corrected chi connectivity index (χ1v) is 6.65. The van der Waals surface area contributed by atoms with Crippen LogP contribution in [0, 0.1) is 5.82 Å². The van der Waals surface area contributed by atoms with E-state index >= 15 is 0 Å². The van der Waals surface area contributed by atoms with Crippen LogP contribution in [-0.4, -0.2) is 36.3 Å². The topological polar surface area (TPSA) is 59.0 Å². The van der Waals surface area contributed by atoms with Crippen LogP contribution in [0.2, 0.25) is 0 Å². The third-order valence-electron chi connectivity index (χ3n) is 2.88. The fourth-order valence-corrected chi connectivity index (χ4v) is 1.67. The van der Waals surface area contributed by atoms with Gasteiger partial charge in [-0.3, -0.25) is 0 Å². The van der Waals surface area contributed by atoms with Crippen molar-refractivity contribution in [3.63, 3.8) is 0 Å². The largest absolute Gasteiger partial charge is 0.492 e. The molecule has 1 amide bonds. The molecule has 0 spiro atoms. The molecule has 2 rings (SSSR count). The van der Waals surface area contributed by atoms with Crippen LogP contribution in [0.4, 0.5) is 9.18 Å². The van der Waals surface area contributed by atoms with E-state index in [1.807, 2.05) is 0 Å². The van der Waals surface area contributed by atoms with Gasteiger partial charge < -0.3 is 19.5 Å². The Bertz CT molecular complexity index is 630. The summed E-state index contributed by atoms with van der Waals surface area (Å²) < 4.78 is 24.0. The summed E-state index contributed by atoms with van der Waals surface area (Å²) in [7, 11) is 1.47. The number of benzene rings is 2. The minimum Gasteiger partial charge on any atom is -0.492 e. The van der Waals surface area contributed by atoms with E-state index in [1.54, 1.807) is 36.4 Å². The van der Waals surface area contributed by atoms with Gasteiger partial charge in [-0.1, -0.05) is 6.07 Å². The first-order chi connectivity index (χ1) is 10.5. The number of carboxylic acid groups (broad SMARTS) is 1. The van der Waals surface area contributed by atoms with Crippen LogP contribution in [0.1, 0.15) is 0 Å². The van der Waals surface area contributed by atoms with Gasteiger partial charge >= 0.3 is 6.09 Å². The minimum atomic E-state index is -0.998. The first-order valence-electron chi connectivity index (χ1n) is 6.65. The Morgan fingerprint density at radius 1 is 1.14 bits per heavy atom. The maximum absolute atomic E-state index is 13.0. The molecule has 116 valence electrons. The molecule has 1 N–H and O–H groups in total. The summed E-state index contributed by atoms with van der Waals surface area (Å²) in [5.41, 5.74) is 0. The lowest BCUT2D eigenvalue weighted by Gasteiger charge is -2.13. The van der Waals surface area contributed by atoms with Crippen LogP contribution in [0.3, 0.4) is 0 Å². The number of amides is 1. The zero-order chi connectivity index (χ0) is 15.9. The second-order valence-electron chi connectivity index (χ2n) is 4.58. The number of ether oxygens (including phenoxy) is 2. The molecule has 5 nitrogen and oxygen atoms in total.